The van der Waals surface area contributed by atoms with Crippen LogP contribution in [0.3, 0.4) is 0 Å². The van der Waals surface area contributed by atoms with Gasteiger partial charge in [0.15, 0.2) is 5.13 Å². The zero-order valence-electron chi connectivity index (χ0n) is 13.2. The van der Waals surface area contributed by atoms with Crippen molar-refractivity contribution in [2.24, 2.45) is 11.3 Å². The lowest BCUT2D eigenvalue weighted by Gasteiger charge is -2.22. The van der Waals surface area contributed by atoms with Crippen molar-refractivity contribution in [1.82, 2.24) is 10.3 Å². The van der Waals surface area contributed by atoms with Crippen LogP contribution in [-0.4, -0.2) is 24.0 Å². The zero-order valence-corrected chi connectivity index (χ0v) is 14.9. The molecule has 1 aliphatic carbocycles. The molecule has 0 radical (unpaired) electrons. The van der Waals surface area contributed by atoms with Gasteiger partial charge in [-0.25, -0.2) is 4.98 Å². The van der Waals surface area contributed by atoms with Crippen molar-refractivity contribution in [2.45, 2.75) is 32.6 Å². The van der Waals surface area contributed by atoms with Crippen LogP contribution >= 0.6 is 22.7 Å². The summed E-state index contributed by atoms with van der Waals surface area (Å²) in [5, 5.41) is 9.18. The third kappa shape index (κ3) is 2.95. The van der Waals surface area contributed by atoms with Gasteiger partial charge in [-0.2, -0.15) is 0 Å². The Morgan fingerprint density at radius 2 is 2.26 bits per heavy atom. The summed E-state index contributed by atoms with van der Waals surface area (Å²) in [7, 11) is 0. The van der Waals surface area contributed by atoms with E-state index in [1.165, 1.54) is 21.1 Å². The van der Waals surface area contributed by atoms with E-state index in [-0.39, 0.29) is 17.2 Å². The van der Waals surface area contributed by atoms with E-state index in [1.807, 2.05) is 5.38 Å². The standard InChI is InChI=1S/C17H21N3OS2/c1-2-11-3-4-14(23-11)13-10-22-16(19-13)20-15(21)12-9-17(12)5-7-18-8-6-17/h3-4,10,12,18H,2,5-9H2,1H3,(H,19,20,21). The molecule has 2 fully saturated rings. The topological polar surface area (TPSA) is 54.0 Å². The Hall–Kier alpha value is -1.24. The van der Waals surface area contributed by atoms with Crippen LogP contribution in [0.5, 0.6) is 0 Å². The first-order valence-corrected chi connectivity index (χ1v) is 9.96. The number of piperidine rings is 1. The fourth-order valence-electron chi connectivity index (χ4n) is 3.54. The molecule has 4 rings (SSSR count). The molecule has 1 spiro atoms. The highest BCUT2D eigenvalue weighted by Gasteiger charge is 2.57. The summed E-state index contributed by atoms with van der Waals surface area (Å²) in [6.07, 6.45) is 4.35. The molecular formula is C17H21N3OS2. The minimum atomic E-state index is 0.160. The number of carbonyl (C=O) groups is 1. The molecule has 2 aromatic heterocycles. The Morgan fingerprint density at radius 3 is 3.00 bits per heavy atom. The Bertz CT molecular complexity index is 715. The number of anilines is 1. The van der Waals surface area contributed by atoms with Gasteiger partial charge in [0, 0.05) is 16.2 Å². The number of rotatable bonds is 4. The molecule has 1 aliphatic heterocycles. The van der Waals surface area contributed by atoms with Crippen LogP contribution in [0.2, 0.25) is 0 Å². The number of nitrogens with one attached hydrogen (secondary N) is 2. The van der Waals surface area contributed by atoms with Gasteiger partial charge in [0.05, 0.1) is 10.6 Å². The van der Waals surface area contributed by atoms with Gasteiger partial charge < -0.3 is 10.6 Å². The quantitative estimate of drug-likeness (QED) is 0.885. The van der Waals surface area contributed by atoms with Crippen LogP contribution in [0.1, 0.15) is 31.1 Å². The first kappa shape index (κ1) is 15.3. The van der Waals surface area contributed by atoms with Gasteiger partial charge in [-0.3, -0.25) is 4.79 Å². The van der Waals surface area contributed by atoms with E-state index < -0.39 is 0 Å². The van der Waals surface area contributed by atoms with E-state index in [0.717, 1.165) is 49.6 Å². The number of amides is 1. The number of aryl methyl sites for hydroxylation is 1. The van der Waals surface area contributed by atoms with Crippen LogP contribution in [-0.2, 0) is 11.2 Å². The first-order valence-electron chi connectivity index (χ1n) is 8.26. The second-order valence-electron chi connectivity index (χ2n) is 6.52. The number of carbonyl (C=O) groups excluding carboxylic acids is 1. The number of hydrogen-bond acceptors (Lipinski definition) is 5. The number of thiophene rings is 1. The smallest absolute Gasteiger partial charge is 0.229 e. The second-order valence-corrected chi connectivity index (χ2v) is 8.54. The minimum absolute atomic E-state index is 0.160. The molecule has 1 saturated carbocycles. The molecule has 122 valence electrons. The largest absolute Gasteiger partial charge is 0.317 e. The van der Waals surface area contributed by atoms with Gasteiger partial charge in [0.1, 0.15) is 0 Å². The highest BCUT2D eigenvalue weighted by atomic mass is 32.1. The highest BCUT2D eigenvalue weighted by Crippen LogP contribution is 2.58. The van der Waals surface area contributed by atoms with Gasteiger partial charge in [0.25, 0.3) is 0 Å². The summed E-state index contributed by atoms with van der Waals surface area (Å²) >= 11 is 3.30. The van der Waals surface area contributed by atoms with E-state index >= 15 is 0 Å². The highest BCUT2D eigenvalue weighted by molar-refractivity contribution is 7.17. The summed E-state index contributed by atoms with van der Waals surface area (Å²) in [4.78, 5) is 19.6. The molecule has 1 unspecified atom stereocenters. The molecule has 1 amide bonds. The summed E-state index contributed by atoms with van der Waals surface area (Å²) < 4.78 is 0. The molecule has 23 heavy (non-hydrogen) atoms. The lowest BCUT2D eigenvalue weighted by molar-refractivity contribution is -0.118. The van der Waals surface area contributed by atoms with Crippen molar-refractivity contribution < 1.29 is 4.79 Å². The Morgan fingerprint density at radius 1 is 1.43 bits per heavy atom. The molecule has 2 aliphatic rings. The maximum absolute atomic E-state index is 12.5. The monoisotopic (exact) mass is 347 g/mol. The summed E-state index contributed by atoms with van der Waals surface area (Å²) in [6.45, 7) is 4.25. The van der Waals surface area contributed by atoms with E-state index in [0.29, 0.717) is 0 Å². The van der Waals surface area contributed by atoms with Crippen LogP contribution in [0.4, 0.5) is 5.13 Å². The Kier molecular flexibility index (Phi) is 3.99. The van der Waals surface area contributed by atoms with E-state index in [9.17, 15) is 4.79 Å². The molecule has 1 saturated heterocycles. The number of aromatic nitrogens is 1. The zero-order chi connectivity index (χ0) is 15.9. The van der Waals surface area contributed by atoms with Crippen LogP contribution in [0.25, 0.3) is 10.6 Å². The van der Waals surface area contributed by atoms with Gasteiger partial charge in [-0.05, 0) is 56.3 Å². The summed E-state index contributed by atoms with van der Waals surface area (Å²) in [5.74, 6) is 0.346. The molecular weight excluding hydrogens is 326 g/mol. The average Bonchev–Trinajstić information content (AvgIpc) is 2.97. The molecule has 6 heteroatoms. The predicted octanol–water partition coefficient (Wildman–Crippen LogP) is 3.76. The van der Waals surface area contributed by atoms with Gasteiger partial charge in [-0.1, -0.05) is 6.92 Å². The van der Waals surface area contributed by atoms with Gasteiger partial charge >= 0.3 is 0 Å². The molecule has 0 bridgehead atoms. The minimum Gasteiger partial charge on any atom is -0.317 e. The Labute approximate surface area is 144 Å². The summed E-state index contributed by atoms with van der Waals surface area (Å²) in [5.41, 5.74) is 1.25. The van der Waals surface area contributed by atoms with Gasteiger partial charge in [-0.15, -0.1) is 22.7 Å². The fraction of sp³-hybridized carbons (Fsp3) is 0.529. The first-order chi connectivity index (χ1) is 11.2. The van der Waals surface area contributed by atoms with Crippen molar-refractivity contribution in [3.63, 3.8) is 0 Å². The molecule has 2 N–H and O–H groups in total. The molecule has 2 aromatic rings. The summed E-state index contributed by atoms with van der Waals surface area (Å²) in [6, 6.07) is 4.28. The molecule has 0 aromatic carbocycles. The third-order valence-corrected chi connectivity index (χ3v) is 7.11. The lowest BCUT2D eigenvalue weighted by atomic mass is 9.92. The Balaban J connectivity index is 1.41. The van der Waals surface area contributed by atoms with Crippen molar-refractivity contribution in [3.8, 4) is 10.6 Å². The lowest BCUT2D eigenvalue weighted by Crippen LogP contribution is -2.31. The molecule has 4 nitrogen and oxygen atoms in total. The SMILES string of the molecule is CCc1ccc(-c2csc(NC(=O)C3CC34CCNCC4)n2)s1. The fourth-order valence-corrected chi connectivity index (χ4v) is 5.23. The average molecular weight is 348 g/mol. The third-order valence-electron chi connectivity index (χ3n) is 5.10. The molecule has 1 atom stereocenters. The normalized spacial score (nSPS) is 22.2. The molecule has 3 heterocycles. The van der Waals surface area contributed by atoms with Gasteiger partial charge in [0.2, 0.25) is 5.91 Å². The van der Waals surface area contributed by atoms with Crippen molar-refractivity contribution >= 4 is 33.7 Å². The van der Waals surface area contributed by atoms with E-state index in [2.05, 4.69) is 34.7 Å². The number of hydrogen-bond donors (Lipinski definition) is 2. The van der Waals surface area contributed by atoms with Crippen molar-refractivity contribution in [2.75, 3.05) is 18.4 Å². The van der Waals surface area contributed by atoms with Crippen LogP contribution in [0.15, 0.2) is 17.5 Å². The maximum Gasteiger partial charge on any atom is 0.229 e. The van der Waals surface area contributed by atoms with E-state index in [1.54, 1.807) is 11.3 Å². The maximum atomic E-state index is 12.5. The van der Waals surface area contributed by atoms with E-state index in [4.69, 9.17) is 0 Å². The predicted molar refractivity (Wildman–Crippen MR) is 96.1 cm³/mol. The number of nitrogens with zero attached hydrogens (tertiary/aromatic N) is 1. The van der Waals surface area contributed by atoms with Crippen molar-refractivity contribution in [3.05, 3.63) is 22.4 Å². The van der Waals surface area contributed by atoms with Crippen LogP contribution in [0, 0.1) is 11.3 Å². The van der Waals surface area contributed by atoms with Crippen molar-refractivity contribution in [1.29, 1.82) is 0 Å². The van der Waals surface area contributed by atoms with Crippen LogP contribution < -0.4 is 10.6 Å². The number of thiazole rings is 1. The second kappa shape index (κ2) is 6.00.